The second kappa shape index (κ2) is 14.6. The van der Waals surface area contributed by atoms with E-state index in [4.69, 9.17) is 9.47 Å². The average Bonchev–Trinajstić information content (AvgIpc) is 3.68. The molecule has 2 aliphatic rings. The van der Waals surface area contributed by atoms with Gasteiger partial charge in [0, 0.05) is 69.1 Å². The highest BCUT2D eigenvalue weighted by Gasteiger charge is 2.30. The number of likely N-dealkylation sites (tertiary alicyclic amines) is 1. The summed E-state index contributed by atoms with van der Waals surface area (Å²) in [4.78, 5) is 36.2. The number of amides is 2. The van der Waals surface area contributed by atoms with Crippen LogP contribution in [0.1, 0.15) is 52.0 Å². The van der Waals surface area contributed by atoms with Gasteiger partial charge in [0.05, 0.1) is 9.77 Å². The molecule has 3 aromatic rings. The summed E-state index contributed by atoms with van der Waals surface area (Å²) in [6.45, 7) is 7.88. The predicted molar refractivity (Wildman–Crippen MR) is 183 cm³/mol. The van der Waals surface area contributed by atoms with E-state index in [9.17, 15) is 18.0 Å². The Hall–Kier alpha value is -3.72. The molecule has 1 aromatic heterocycles. The topological polar surface area (TPSA) is 133 Å². The van der Waals surface area contributed by atoms with Crippen molar-refractivity contribution in [2.24, 2.45) is 0 Å². The number of benzene rings is 2. The number of hydrogen-bond acceptors (Lipinski definition) is 10. The Morgan fingerprint density at radius 2 is 1.77 bits per heavy atom. The summed E-state index contributed by atoms with van der Waals surface area (Å²) < 4.78 is 41.6. The van der Waals surface area contributed by atoms with Crippen LogP contribution in [0.15, 0.2) is 59.6 Å². The molecule has 0 radical (unpaired) electrons. The Balaban J connectivity index is 1.28. The molecule has 254 valence electrons. The summed E-state index contributed by atoms with van der Waals surface area (Å²) in [6, 6.07) is 14.6. The van der Waals surface area contributed by atoms with E-state index in [-0.39, 0.29) is 17.2 Å². The van der Waals surface area contributed by atoms with Crippen LogP contribution in [0, 0.1) is 0 Å². The number of hydrogen-bond donors (Lipinski definition) is 2. The molecule has 14 heteroatoms. The van der Waals surface area contributed by atoms with Gasteiger partial charge in [0.1, 0.15) is 6.10 Å². The van der Waals surface area contributed by atoms with Crippen LogP contribution in [0.25, 0.3) is 10.4 Å². The fourth-order valence-corrected chi connectivity index (χ4v) is 8.33. The smallest absolute Gasteiger partial charge is 0.415 e. The standard InChI is InChI=1S/C33H44N6O6S2/c1-33(2,3)36-47(42,43)28-20-24(38(5)32(41)45-29-12-9-17-37(29)4)13-14-26(28)27-22-34-30(46-27)39-18-15-25(16-19-39)44-31(40)35-21-23-10-7-6-8-11-23/h6-8,10-11,13-14,20,22,25,29,36H,9,12,15-19,21H2,1-5H3,(H,35,40)/t29-/m0/s1. The van der Waals surface area contributed by atoms with Crippen LogP contribution in [0.4, 0.5) is 20.4 Å². The minimum Gasteiger partial charge on any atom is -0.446 e. The summed E-state index contributed by atoms with van der Waals surface area (Å²) in [7, 11) is -0.507. The monoisotopic (exact) mass is 684 g/mol. The van der Waals surface area contributed by atoms with Gasteiger partial charge in [-0.25, -0.2) is 27.7 Å². The molecular formula is C33H44N6O6S2. The number of nitrogens with zero attached hydrogens (tertiary/aromatic N) is 4. The SMILES string of the molecule is CN(C(=O)O[C@H]1CCCN1C)c1ccc(-c2cnc(N3CCC(OC(=O)NCc4ccccc4)CC3)s2)c(S(=O)(=O)NC(C)(C)C)c1. The fraction of sp³-hybridized carbons (Fsp3) is 0.485. The van der Waals surface area contributed by atoms with Crippen LogP contribution < -0.4 is 19.8 Å². The molecule has 2 saturated heterocycles. The van der Waals surface area contributed by atoms with Gasteiger partial charge in [-0.2, -0.15) is 0 Å². The first kappa shape index (κ1) is 34.6. The minimum absolute atomic E-state index is 0.0476. The van der Waals surface area contributed by atoms with Crippen molar-refractivity contribution in [3.05, 3.63) is 60.3 Å². The first-order valence-electron chi connectivity index (χ1n) is 15.8. The highest BCUT2D eigenvalue weighted by molar-refractivity contribution is 7.89. The number of piperidine rings is 1. The Morgan fingerprint density at radius 3 is 2.43 bits per heavy atom. The molecule has 0 saturated carbocycles. The molecular weight excluding hydrogens is 641 g/mol. The van der Waals surface area contributed by atoms with Gasteiger partial charge in [0.25, 0.3) is 0 Å². The zero-order valence-electron chi connectivity index (χ0n) is 27.6. The van der Waals surface area contributed by atoms with Gasteiger partial charge in [0.15, 0.2) is 11.4 Å². The van der Waals surface area contributed by atoms with E-state index in [2.05, 4.69) is 19.9 Å². The number of alkyl carbamates (subject to hydrolysis) is 1. The van der Waals surface area contributed by atoms with Gasteiger partial charge >= 0.3 is 12.2 Å². The molecule has 5 rings (SSSR count). The van der Waals surface area contributed by atoms with Crippen LogP contribution >= 0.6 is 11.3 Å². The highest BCUT2D eigenvalue weighted by atomic mass is 32.2. The Labute approximate surface area is 281 Å². The highest BCUT2D eigenvalue weighted by Crippen LogP contribution is 2.38. The van der Waals surface area contributed by atoms with Crippen molar-refractivity contribution in [3.63, 3.8) is 0 Å². The lowest BCUT2D eigenvalue weighted by molar-refractivity contribution is 0.0315. The fourth-order valence-electron chi connectivity index (χ4n) is 5.60. The third-order valence-corrected chi connectivity index (χ3v) is 11.0. The van der Waals surface area contributed by atoms with Gasteiger partial charge in [-0.1, -0.05) is 47.7 Å². The third kappa shape index (κ3) is 9.01. The van der Waals surface area contributed by atoms with Gasteiger partial charge in [-0.3, -0.25) is 9.80 Å². The van der Waals surface area contributed by atoms with Crippen molar-refractivity contribution < 1.29 is 27.5 Å². The van der Waals surface area contributed by atoms with Crippen LogP contribution in [0.3, 0.4) is 0 Å². The van der Waals surface area contributed by atoms with Crippen LogP contribution in [0.5, 0.6) is 0 Å². The van der Waals surface area contributed by atoms with E-state index in [0.717, 1.165) is 30.1 Å². The molecule has 2 N–H and O–H groups in total. The van der Waals surface area contributed by atoms with E-state index in [1.807, 2.05) is 42.3 Å². The van der Waals surface area contributed by atoms with Crippen LogP contribution in [0.2, 0.25) is 0 Å². The summed E-state index contributed by atoms with van der Waals surface area (Å²) in [5.41, 5.74) is 1.15. The number of carbonyl (C=O) groups excluding carboxylic acids is 2. The minimum atomic E-state index is -3.99. The summed E-state index contributed by atoms with van der Waals surface area (Å²) in [5, 5.41) is 3.56. The normalized spacial score (nSPS) is 17.8. The second-order valence-corrected chi connectivity index (χ2v) is 15.7. The molecule has 0 bridgehead atoms. The third-order valence-electron chi connectivity index (χ3n) is 8.07. The number of sulfonamides is 1. The molecule has 12 nitrogen and oxygen atoms in total. The zero-order chi connectivity index (χ0) is 33.8. The van der Waals surface area contributed by atoms with Gasteiger partial charge < -0.3 is 19.7 Å². The molecule has 47 heavy (non-hydrogen) atoms. The summed E-state index contributed by atoms with van der Waals surface area (Å²) in [6.07, 6.45) is 3.19. The maximum Gasteiger partial charge on any atom is 0.415 e. The van der Waals surface area contributed by atoms with Crippen molar-refractivity contribution in [1.29, 1.82) is 0 Å². The second-order valence-electron chi connectivity index (χ2n) is 13.0. The van der Waals surface area contributed by atoms with E-state index in [1.54, 1.807) is 46.1 Å². The van der Waals surface area contributed by atoms with Gasteiger partial charge in [-0.15, -0.1) is 0 Å². The van der Waals surface area contributed by atoms with Crippen molar-refractivity contribution in [1.82, 2.24) is 19.9 Å². The maximum atomic E-state index is 13.7. The van der Waals surface area contributed by atoms with Crippen LogP contribution in [-0.4, -0.2) is 82.1 Å². The number of thiazole rings is 1. The molecule has 2 amide bonds. The quantitative estimate of drug-likeness (QED) is 0.304. The molecule has 0 aliphatic carbocycles. The Morgan fingerprint density at radius 1 is 1.04 bits per heavy atom. The molecule has 2 aliphatic heterocycles. The number of ether oxygens (including phenoxy) is 2. The van der Waals surface area contributed by atoms with Gasteiger partial charge in [-0.05, 0) is 58.4 Å². The van der Waals surface area contributed by atoms with E-state index in [1.165, 1.54) is 22.3 Å². The number of nitrogens with one attached hydrogen (secondary N) is 2. The summed E-state index contributed by atoms with van der Waals surface area (Å²) in [5.74, 6) is 0. The number of anilines is 2. The number of aromatic nitrogens is 1. The Bertz CT molecular complexity index is 1650. The lowest BCUT2D eigenvalue weighted by atomic mass is 10.1. The molecule has 2 fully saturated rings. The van der Waals surface area contributed by atoms with Gasteiger partial charge in [0.2, 0.25) is 10.0 Å². The van der Waals surface area contributed by atoms with E-state index < -0.39 is 27.7 Å². The van der Waals surface area contributed by atoms with Crippen molar-refractivity contribution in [2.75, 3.05) is 43.5 Å². The number of rotatable bonds is 9. The first-order valence-corrected chi connectivity index (χ1v) is 18.1. The molecule has 0 spiro atoms. The van der Waals surface area contributed by atoms with Crippen molar-refractivity contribution >= 4 is 44.4 Å². The molecule has 0 unspecified atom stereocenters. The van der Waals surface area contributed by atoms with Crippen molar-refractivity contribution in [3.8, 4) is 10.4 Å². The van der Waals surface area contributed by atoms with E-state index in [0.29, 0.717) is 48.6 Å². The average molecular weight is 685 g/mol. The lowest BCUT2D eigenvalue weighted by Gasteiger charge is -2.31. The largest absolute Gasteiger partial charge is 0.446 e. The zero-order valence-corrected chi connectivity index (χ0v) is 29.2. The molecule has 1 atom stereocenters. The van der Waals surface area contributed by atoms with E-state index >= 15 is 0 Å². The first-order chi connectivity index (χ1) is 22.3. The summed E-state index contributed by atoms with van der Waals surface area (Å²) >= 11 is 1.40. The maximum absolute atomic E-state index is 13.7. The van der Waals surface area contributed by atoms with Crippen molar-refractivity contribution in [2.45, 2.75) is 75.8 Å². The molecule has 3 heterocycles. The van der Waals surface area contributed by atoms with Crippen LogP contribution in [-0.2, 0) is 26.0 Å². The Kier molecular flexibility index (Phi) is 10.7. The predicted octanol–water partition coefficient (Wildman–Crippen LogP) is 5.41. The lowest BCUT2D eigenvalue weighted by Crippen LogP contribution is -2.40. The molecule has 2 aromatic carbocycles. The number of carbonyl (C=O) groups is 2.